The van der Waals surface area contributed by atoms with Crippen molar-refractivity contribution in [1.29, 1.82) is 0 Å². The molecule has 0 aliphatic rings. The summed E-state index contributed by atoms with van der Waals surface area (Å²) < 4.78 is 5.80. The third-order valence-electron chi connectivity index (χ3n) is 4.13. The zero-order valence-electron chi connectivity index (χ0n) is 15.0. The number of aromatic nitrogens is 2. The summed E-state index contributed by atoms with van der Waals surface area (Å²) in [6.45, 7) is 2.07. The summed E-state index contributed by atoms with van der Waals surface area (Å²) in [5.74, 6) is 2.15. The van der Waals surface area contributed by atoms with Crippen molar-refractivity contribution in [2.45, 2.75) is 6.92 Å². The number of hydrogen-bond donors (Lipinski definition) is 1. The largest absolute Gasteiger partial charge is 0.457 e. The van der Waals surface area contributed by atoms with E-state index in [9.17, 15) is 0 Å². The summed E-state index contributed by atoms with van der Waals surface area (Å²) in [6.07, 6.45) is 3.65. The van der Waals surface area contributed by atoms with E-state index >= 15 is 0 Å². The van der Waals surface area contributed by atoms with Crippen LogP contribution in [0.5, 0.6) is 11.5 Å². The molecule has 0 atom stereocenters. The second-order valence-corrected chi connectivity index (χ2v) is 6.23. The number of benzene rings is 3. The van der Waals surface area contributed by atoms with Crippen LogP contribution >= 0.6 is 0 Å². The minimum Gasteiger partial charge on any atom is -0.457 e. The molecule has 0 unspecified atom stereocenters. The van der Waals surface area contributed by atoms with Gasteiger partial charge in [0.05, 0.1) is 0 Å². The lowest BCUT2D eigenvalue weighted by Gasteiger charge is -2.08. The monoisotopic (exact) mass is 353 g/mol. The first-order valence-electron chi connectivity index (χ1n) is 8.75. The average molecular weight is 353 g/mol. The topological polar surface area (TPSA) is 47.0 Å². The van der Waals surface area contributed by atoms with Crippen molar-refractivity contribution in [2.75, 3.05) is 5.32 Å². The fourth-order valence-corrected chi connectivity index (χ4v) is 2.65. The Hall–Kier alpha value is -3.66. The Morgan fingerprint density at radius 1 is 0.667 bits per heavy atom. The van der Waals surface area contributed by atoms with Crippen molar-refractivity contribution in [3.05, 3.63) is 96.8 Å². The van der Waals surface area contributed by atoms with E-state index in [0.717, 1.165) is 28.3 Å². The molecule has 27 heavy (non-hydrogen) atoms. The van der Waals surface area contributed by atoms with Crippen LogP contribution in [0, 0.1) is 6.92 Å². The summed E-state index contributed by atoms with van der Waals surface area (Å²) in [4.78, 5) is 8.82. The maximum absolute atomic E-state index is 5.80. The molecular formula is C23H19N3O. The number of nitrogens with zero attached hydrogens (tertiary/aromatic N) is 2. The smallest absolute Gasteiger partial charge is 0.227 e. The molecule has 0 spiro atoms. The Morgan fingerprint density at radius 3 is 1.96 bits per heavy atom. The van der Waals surface area contributed by atoms with Crippen molar-refractivity contribution in [2.24, 2.45) is 0 Å². The number of nitrogens with one attached hydrogen (secondary N) is 1. The van der Waals surface area contributed by atoms with Gasteiger partial charge in [0.1, 0.15) is 11.5 Å². The Balaban J connectivity index is 1.42. The molecule has 0 aliphatic heterocycles. The Morgan fingerprint density at radius 2 is 1.30 bits per heavy atom. The van der Waals surface area contributed by atoms with E-state index in [0.29, 0.717) is 5.95 Å². The minimum absolute atomic E-state index is 0.558. The molecule has 0 aliphatic carbocycles. The standard InChI is InChI=1S/C23H19N3O/c1-17-7-9-18(10-8-17)19-15-24-23(25-16-19)26-20-11-13-22(14-12-20)27-21-5-3-2-4-6-21/h2-16H,1H3,(H,24,25,26). The first-order chi connectivity index (χ1) is 13.3. The normalized spacial score (nSPS) is 10.4. The summed E-state index contributed by atoms with van der Waals surface area (Å²) in [5, 5.41) is 3.21. The van der Waals surface area contributed by atoms with Gasteiger partial charge in [0.2, 0.25) is 5.95 Å². The molecule has 1 heterocycles. The predicted molar refractivity (Wildman–Crippen MR) is 108 cm³/mol. The quantitative estimate of drug-likeness (QED) is 0.479. The lowest BCUT2D eigenvalue weighted by Crippen LogP contribution is -1.96. The molecular weight excluding hydrogens is 334 g/mol. The zero-order chi connectivity index (χ0) is 18.5. The zero-order valence-corrected chi connectivity index (χ0v) is 15.0. The van der Waals surface area contributed by atoms with Crippen molar-refractivity contribution >= 4 is 11.6 Å². The number of rotatable bonds is 5. The van der Waals surface area contributed by atoms with E-state index in [1.807, 2.05) is 67.0 Å². The van der Waals surface area contributed by atoms with E-state index in [-0.39, 0.29) is 0 Å². The molecule has 4 rings (SSSR count). The van der Waals surface area contributed by atoms with Gasteiger partial charge in [-0.2, -0.15) is 0 Å². The van der Waals surface area contributed by atoms with Crippen LogP contribution in [-0.2, 0) is 0 Å². The van der Waals surface area contributed by atoms with E-state index in [4.69, 9.17) is 4.74 Å². The molecule has 4 aromatic rings. The highest BCUT2D eigenvalue weighted by Gasteiger charge is 2.02. The van der Waals surface area contributed by atoms with Gasteiger partial charge >= 0.3 is 0 Å². The van der Waals surface area contributed by atoms with Gasteiger partial charge in [0.15, 0.2) is 0 Å². The summed E-state index contributed by atoms with van der Waals surface area (Å²) in [7, 11) is 0. The average Bonchev–Trinajstić information content (AvgIpc) is 2.72. The number of para-hydroxylation sites is 1. The van der Waals surface area contributed by atoms with Crippen LogP contribution in [-0.4, -0.2) is 9.97 Å². The summed E-state index contributed by atoms with van der Waals surface area (Å²) in [5.41, 5.74) is 4.23. The molecule has 132 valence electrons. The predicted octanol–water partition coefficient (Wildman–Crippen LogP) is 5.99. The van der Waals surface area contributed by atoms with E-state index in [1.165, 1.54) is 5.56 Å². The number of aryl methyl sites for hydroxylation is 1. The third kappa shape index (κ3) is 4.30. The molecule has 0 saturated heterocycles. The van der Waals surface area contributed by atoms with Crippen LogP contribution in [0.15, 0.2) is 91.3 Å². The number of hydrogen-bond acceptors (Lipinski definition) is 4. The first kappa shape index (κ1) is 16.8. The fraction of sp³-hybridized carbons (Fsp3) is 0.0435. The van der Waals surface area contributed by atoms with Gasteiger partial charge < -0.3 is 10.1 Å². The van der Waals surface area contributed by atoms with Gasteiger partial charge in [0.25, 0.3) is 0 Å². The Bertz CT molecular complexity index is 996. The molecule has 0 saturated carbocycles. The van der Waals surface area contributed by atoms with Crippen LogP contribution in [0.2, 0.25) is 0 Å². The van der Waals surface area contributed by atoms with E-state index < -0.39 is 0 Å². The van der Waals surface area contributed by atoms with E-state index in [2.05, 4.69) is 46.5 Å². The Labute approximate surface area is 158 Å². The van der Waals surface area contributed by atoms with Gasteiger partial charge in [-0.1, -0.05) is 48.0 Å². The maximum Gasteiger partial charge on any atom is 0.227 e. The highest BCUT2D eigenvalue weighted by atomic mass is 16.5. The molecule has 0 bridgehead atoms. The molecule has 1 aromatic heterocycles. The molecule has 0 radical (unpaired) electrons. The van der Waals surface area contributed by atoms with Gasteiger partial charge in [0, 0.05) is 23.6 Å². The summed E-state index contributed by atoms with van der Waals surface area (Å²) >= 11 is 0. The number of ether oxygens (including phenoxy) is 1. The second-order valence-electron chi connectivity index (χ2n) is 6.23. The van der Waals surface area contributed by atoms with Gasteiger partial charge in [-0.15, -0.1) is 0 Å². The van der Waals surface area contributed by atoms with Crippen molar-refractivity contribution in [3.8, 4) is 22.6 Å². The van der Waals surface area contributed by atoms with E-state index in [1.54, 1.807) is 0 Å². The van der Waals surface area contributed by atoms with Crippen LogP contribution in [0.4, 0.5) is 11.6 Å². The SMILES string of the molecule is Cc1ccc(-c2cnc(Nc3ccc(Oc4ccccc4)cc3)nc2)cc1. The molecule has 4 nitrogen and oxygen atoms in total. The van der Waals surface area contributed by atoms with Crippen LogP contribution < -0.4 is 10.1 Å². The van der Waals surface area contributed by atoms with Crippen LogP contribution in [0.3, 0.4) is 0 Å². The van der Waals surface area contributed by atoms with Crippen molar-refractivity contribution in [1.82, 2.24) is 9.97 Å². The van der Waals surface area contributed by atoms with Crippen molar-refractivity contribution in [3.63, 3.8) is 0 Å². The first-order valence-corrected chi connectivity index (χ1v) is 8.75. The Kier molecular flexibility index (Phi) is 4.79. The van der Waals surface area contributed by atoms with Crippen LogP contribution in [0.1, 0.15) is 5.56 Å². The van der Waals surface area contributed by atoms with Gasteiger partial charge in [-0.05, 0) is 48.9 Å². The van der Waals surface area contributed by atoms with Gasteiger partial charge in [-0.3, -0.25) is 0 Å². The lowest BCUT2D eigenvalue weighted by atomic mass is 10.1. The lowest BCUT2D eigenvalue weighted by molar-refractivity contribution is 0.483. The molecule has 3 aromatic carbocycles. The molecule has 4 heteroatoms. The van der Waals surface area contributed by atoms with Gasteiger partial charge in [-0.25, -0.2) is 9.97 Å². The minimum atomic E-state index is 0.558. The summed E-state index contributed by atoms with van der Waals surface area (Å²) in [6, 6.07) is 25.7. The molecule has 1 N–H and O–H groups in total. The number of anilines is 2. The third-order valence-corrected chi connectivity index (χ3v) is 4.13. The second kappa shape index (κ2) is 7.70. The highest BCUT2D eigenvalue weighted by molar-refractivity contribution is 5.63. The molecule has 0 amide bonds. The van der Waals surface area contributed by atoms with Crippen molar-refractivity contribution < 1.29 is 4.74 Å². The van der Waals surface area contributed by atoms with Crippen LogP contribution in [0.25, 0.3) is 11.1 Å². The molecule has 0 fully saturated rings. The maximum atomic E-state index is 5.80. The fourth-order valence-electron chi connectivity index (χ4n) is 2.65. The highest BCUT2D eigenvalue weighted by Crippen LogP contribution is 2.24.